The van der Waals surface area contributed by atoms with Crippen LogP contribution in [0.15, 0.2) is 18.2 Å². The molecule has 1 N–H and O–H groups in total. The van der Waals surface area contributed by atoms with Crippen LogP contribution in [0.1, 0.15) is 17.5 Å². The van der Waals surface area contributed by atoms with Crippen LogP contribution in [0.2, 0.25) is 0 Å². The Bertz CT molecular complexity index is 435. The van der Waals surface area contributed by atoms with Crippen LogP contribution in [0.25, 0.3) is 0 Å². The van der Waals surface area contributed by atoms with Gasteiger partial charge in [-0.05, 0) is 25.2 Å². The Balaban J connectivity index is 2.78. The molecule has 0 unspecified atom stereocenters. The maximum absolute atomic E-state index is 12.9. The van der Waals surface area contributed by atoms with E-state index < -0.39 is 5.82 Å². The number of nitriles is 1. The lowest BCUT2D eigenvalue weighted by atomic mass is 10.1. The van der Waals surface area contributed by atoms with Crippen molar-refractivity contribution in [3.8, 4) is 17.9 Å². The minimum absolute atomic E-state index is 0.0374. The second-order valence-corrected chi connectivity index (χ2v) is 2.96. The number of hydrogen-bond donors (Lipinski definition) is 1. The second-order valence-electron chi connectivity index (χ2n) is 2.96. The van der Waals surface area contributed by atoms with Gasteiger partial charge in [-0.25, -0.2) is 4.39 Å². The van der Waals surface area contributed by atoms with Crippen LogP contribution in [-0.2, 0) is 0 Å². The molecule has 0 bridgehead atoms. The molecule has 1 aromatic rings. The molecule has 0 aliphatic rings. The van der Waals surface area contributed by atoms with E-state index in [0.717, 1.165) is 13.0 Å². The average Bonchev–Trinajstić information content (AvgIpc) is 2.26. The minimum atomic E-state index is -0.502. The quantitative estimate of drug-likeness (QED) is 0.584. The first-order chi connectivity index (χ1) is 7.27. The smallest absolute Gasteiger partial charge is 0.141 e. The van der Waals surface area contributed by atoms with Crippen molar-refractivity contribution in [3.63, 3.8) is 0 Å². The lowest BCUT2D eigenvalue weighted by Gasteiger charge is -1.93. The molecule has 0 heterocycles. The van der Waals surface area contributed by atoms with Crippen molar-refractivity contribution in [1.29, 1.82) is 5.26 Å². The molecular formula is C12H11FN2. The summed E-state index contributed by atoms with van der Waals surface area (Å²) in [5.74, 6) is 5.30. The normalized spacial score (nSPS) is 8.87. The highest BCUT2D eigenvalue weighted by molar-refractivity contribution is 5.42. The Kier molecular flexibility index (Phi) is 4.34. The third-order valence-corrected chi connectivity index (χ3v) is 1.82. The van der Waals surface area contributed by atoms with Crippen molar-refractivity contribution in [1.82, 2.24) is 5.32 Å². The summed E-state index contributed by atoms with van der Waals surface area (Å²) in [5, 5.41) is 11.6. The van der Waals surface area contributed by atoms with Gasteiger partial charge in [0.2, 0.25) is 0 Å². The molecule has 3 heteroatoms. The van der Waals surface area contributed by atoms with Crippen LogP contribution in [0.4, 0.5) is 4.39 Å². The Morgan fingerprint density at radius 3 is 2.93 bits per heavy atom. The van der Waals surface area contributed by atoms with Crippen LogP contribution in [0.3, 0.4) is 0 Å². The van der Waals surface area contributed by atoms with Gasteiger partial charge in [0.05, 0.1) is 5.56 Å². The maximum atomic E-state index is 12.9. The van der Waals surface area contributed by atoms with Gasteiger partial charge < -0.3 is 5.32 Å². The van der Waals surface area contributed by atoms with Crippen molar-refractivity contribution in [2.75, 3.05) is 13.6 Å². The van der Waals surface area contributed by atoms with Gasteiger partial charge in [-0.2, -0.15) is 5.26 Å². The zero-order chi connectivity index (χ0) is 11.1. The second kappa shape index (κ2) is 5.80. The summed E-state index contributed by atoms with van der Waals surface area (Å²) >= 11 is 0. The molecule has 1 aromatic carbocycles. The summed E-state index contributed by atoms with van der Waals surface area (Å²) in [6.45, 7) is 0.819. The highest BCUT2D eigenvalue weighted by Gasteiger charge is 2.00. The third-order valence-electron chi connectivity index (χ3n) is 1.82. The topological polar surface area (TPSA) is 35.8 Å². The molecule has 0 radical (unpaired) electrons. The van der Waals surface area contributed by atoms with Crippen LogP contribution in [-0.4, -0.2) is 13.6 Å². The predicted molar refractivity (Wildman–Crippen MR) is 56.5 cm³/mol. The van der Waals surface area contributed by atoms with Crippen LogP contribution < -0.4 is 5.32 Å². The van der Waals surface area contributed by atoms with E-state index >= 15 is 0 Å². The lowest BCUT2D eigenvalue weighted by Crippen LogP contribution is -2.05. The fourth-order valence-electron chi connectivity index (χ4n) is 1.04. The zero-order valence-corrected chi connectivity index (χ0v) is 8.47. The van der Waals surface area contributed by atoms with E-state index in [2.05, 4.69) is 17.2 Å². The molecule has 1 rings (SSSR count). The largest absolute Gasteiger partial charge is 0.319 e. The Morgan fingerprint density at radius 2 is 2.27 bits per heavy atom. The Labute approximate surface area is 88.7 Å². The van der Waals surface area contributed by atoms with E-state index in [1.165, 1.54) is 12.1 Å². The van der Waals surface area contributed by atoms with Crippen molar-refractivity contribution in [3.05, 3.63) is 35.1 Å². The fourth-order valence-corrected chi connectivity index (χ4v) is 1.04. The van der Waals surface area contributed by atoms with Gasteiger partial charge in [0.25, 0.3) is 0 Å². The van der Waals surface area contributed by atoms with Crippen molar-refractivity contribution < 1.29 is 4.39 Å². The monoisotopic (exact) mass is 202 g/mol. The highest BCUT2D eigenvalue weighted by Crippen LogP contribution is 2.08. The van der Waals surface area contributed by atoms with Crippen LogP contribution >= 0.6 is 0 Å². The molecule has 0 spiro atoms. The summed E-state index contributed by atoms with van der Waals surface area (Å²) in [5.41, 5.74) is 0.708. The first kappa shape index (κ1) is 11.2. The summed E-state index contributed by atoms with van der Waals surface area (Å²) < 4.78 is 12.9. The molecule has 0 saturated heterocycles. The van der Waals surface area contributed by atoms with E-state index in [9.17, 15) is 4.39 Å². The van der Waals surface area contributed by atoms with E-state index in [1.807, 2.05) is 7.05 Å². The zero-order valence-electron chi connectivity index (χ0n) is 8.47. The molecule has 0 atom stereocenters. The Hall–Kier alpha value is -1.84. The SMILES string of the molecule is CNCCC#Cc1ccc(F)c(C#N)c1. The summed E-state index contributed by atoms with van der Waals surface area (Å²) in [4.78, 5) is 0. The molecule has 0 saturated carbocycles. The summed E-state index contributed by atoms with van der Waals surface area (Å²) in [7, 11) is 1.85. The third kappa shape index (κ3) is 3.42. The van der Waals surface area contributed by atoms with E-state index in [1.54, 1.807) is 12.1 Å². The van der Waals surface area contributed by atoms with E-state index in [0.29, 0.717) is 5.56 Å². The van der Waals surface area contributed by atoms with Gasteiger partial charge in [-0.1, -0.05) is 11.8 Å². The van der Waals surface area contributed by atoms with Gasteiger partial charge in [-0.15, -0.1) is 0 Å². The maximum Gasteiger partial charge on any atom is 0.141 e. The predicted octanol–water partition coefficient (Wildman–Crippen LogP) is 1.66. The lowest BCUT2D eigenvalue weighted by molar-refractivity contribution is 0.624. The van der Waals surface area contributed by atoms with Gasteiger partial charge >= 0.3 is 0 Å². The number of hydrogen-bond acceptors (Lipinski definition) is 2. The molecule has 0 fully saturated rings. The van der Waals surface area contributed by atoms with Crippen molar-refractivity contribution in [2.45, 2.75) is 6.42 Å². The van der Waals surface area contributed by atoms with Crippen LogP contribution in [0, 0.1) is 29.0 Å². The van der Waals surface area contributed by atoms with Gasteiger partial charge in [-0.3, -0.25) is 0 Å². The molecular weight excluding hydrogens is 191 g/mol. The molecule has 2 nitrogen and oxygen atoms in total. The molecule has 0 aromatic heterocycles. The molecule has 76 valence electrons. The first-order valence-corrected chi connectivity index (χ1v) is 4.61. The fraction of sp³-hybridized carbons (Fsp3) is 0.250. The molecule has 0 aliphatic carbocycles. The van der Waals surface area contributed by atoms with Gasteiger partial charge in [0, 0.05) is 18.5 Å². The summed E-state index contributed by atoms with van der Waals surface area (Å²) in [6.07, 6.45) is 0.732. The Morgan fingerprint density at radius 1 is 1.47 bits per heavy atom. The highest BCUT2D eigenvalue weighted by atomic mass is 19.1. The molecule has 0 aliphatic heterocycles. The number of benzene rings is 1. The summed E-state index contributed by atoms with van der Waals surface area (Å²) in [6, 6.07) is 6.08. The number of halogens is 1. The van der Waals surface area contributed by atoms with Crippen molar-refractivity contribution in [2.24, 2.45) is 0 Å². The van der Waals surface area contributed by atoms with E-state index in [4.69, 9.17) is 5.26 Å². The van der Waals surface area contributed by atoms with Crippen molar-refractivity contribution >= 4 is 0 Å². The number of nitrogens with zero attached hydrogens (tertiary/aromatic N) is 1. The van der Waals surface area contributed by atoms with Gasteiger partial charge in [0.1, 0.15) is 11.9 Å². The minimum Gasteiger partial charge on any atom is -0.319 e. The number of nitrogens with one attached hydrogen (secondary N) is 1. The average molecular weight is 202 g/mol. The molecule has 15 heavy (non-hydrogen) atoms. The number of rotatable bonds is 2. The van der Waals surface area contributed by atoms with E-state index in [-0.39, 0.29) is 5.56 Å². The molecule has 0 amide bonds. The standard InChI is InChI=1S/C12H11FN2/c1-15-7-3-2-4-10-5-6-12(13)11(8-10)9-14/h5-6,8,15H,3,7H2,1H3. The first-order valence-electron chi connectivity index (χ1n) is 4.61. The van der Waals surface area contributed by atoms with Crippen LogP contribution in [0.5, 0.6) is 0 Å². The van der Waals surface area contributed by atoms with Gasteiger partial charge in [0.15, 0.2) is 0 Å².